The quantitative estimate of drug-likeness (QED) is 0.525. The van der Waals surface area contributed by atoms with Crippen LogP contribution in [0.4, 0.5) is 10.1 Å². The molecule has 0 radical (unpaired) electrons. The Morgan fingerprint density at radius 1 is 1.03 bits per heavy atom. The first kappa shape index (κ1) is 19.5. The summed E-state index contributed by atoms with van der Waals surface area (Å²) in [7, 11) is 0. The van der Waals surface area contributed by atoms with Crippen molar-refractivity contribution < 1.29 is 4.39 Å². The van der Waals surface area contributed by atoms with Crippen molar-refractivity contribution in [3.05, 3.63) is 68.7 Å². The standard InChI is InChI=1S/C22H23FN6O2/c1-2-29-21(30)15-4-3-14(11-18(15)25-22(29)31)13-27-7-9-28(10-8-27)19-6-5-17-16(20(19)23)12-24-26-17/h3-6,11-12H,2,7-10,13H2,1H3,(H,24,26)(H,25,31). The summed E-state index contributed by atoms with van der Waals surface area (Å²) in [5, 5.41) is 7.73. The van der Waals surface area contributed by atoms with Crippen molar-refractivity contribution in [3.63, 3.8) is 0 Å². The topological polar surface area (TPSA) is 90.0 Å². The van der Waals surface area contributed by atoms with Gasteiger partial charge in [-0.1, -0.05) is 6.07 Å². The molecule has 0 aliphatic carbocycles. The molecule has 31 heavy (non-hydrogen) atoms. The number of aromatic nitrogens is 4. The molecule has 160 valence electrons. The number of nitrogens with one attached hydrogen (secondary N) is 2. The summed E-state index contributed by atoms with van der Waals surface area (Å²) < 4.78 is 16.0. The number of rotatable bonds is 4. The predicted molar refractivity (Wildman–Crippen MR) is 118 cm³/mol. The molecule has 8 nitrogen and oxygen atoms in total. The van der Waals surface area contributed by atoms with E-state index < -0.39 is 0 Å². The second-order valence-electron chi connectivity index (χ2n) is 7.85. The molecule has 2 aromatic heterocycles. The molecule has 1 aliphatic rings. The van der Waals surface area contributed by atoms with Crippen LogP contribution in [0.15, 0.2) is 46.1 Å². The Labute approximate surface area is 176 Å². The van der Waals surface area contributed by atoms with Crippen LogP contribution in [-0.4, -0.2) is 50.8 Å². The van der Waals surface area contributed by atoms with Crippen molar-refractivity contribution in [1.29, 1.82) is 0 Å². The fraction of sp³-hybridized carbons (Fsp3) is 0.318. The van der Waals surface area contributed by atoms with Crippen molar-refractivity contribution in [1.82, 2.24) is 24.6 Å². The highest BCUT2D eigenvalue weighted by Crippen LogP contribution is 2.27. The molecule has 0 bridgehead atoms. The average molecular weight is 422 g/mol. The van der Waals surface area contributed by atoms with E-state index >= 15 is 0 Å². The maximum absolute atomic E-state index is 14.8. The molecule has 2 N–H and O–H groups in total. The molecule has 0 amide bonds. The average Bonchev–Trinajstić information content (AvgIpc) is 3.25. The Bertz CT molecular complexity index is 1380. The summed E-state index contributed by atoms with van der Waals surface area (Å²) >= 11 is 0. The molecular formula is C22H23FN6O2. The van der Waals surface area contributed by atoms with Crippen molar-refractivity contribution in [2.75, 3.05) is 31.1 Å². The van der Waals surface area contributed by atoms with Gasteiger partial charge in [0.1, 0.15) is 0 Å². The second-order valence-corrected chi connectivity index (χ2v) is 7.85. The van der Waals surface area contributed by atoms with Crippen molar-refractivity contribution in [3.8, 4) is 0 Å². The SMILES string of the molecule is CCn1c(=O)[nH]c2cc(CN3CCN(c4ccc5[nH]ncc5c4F)CC3)ccc2c1=O. The smallest absolute Gasteiger partial charge is 0.328 e. The highest BCUT2D eigenvalue weighted by Gasteiger charge is 2.21. The molecule has 4 aromatic rings. The van der Waals surface area contributed by atoms with Crippen LogP contribution in [0.2, 0.25) is 0 Å². The monoisotopic (exact) mass is 422 g/mol. The third kappa shape index (κ3) is 3.40. The van der Waals surface area contributed by atoms with Crippen LogP contribution >= 0.6 is 0 Å². The first-order chi connectivity index (χ1) is 15.0. The van der Waals surface area contributed by atoms with Gasteiger partial charge in [-0.3, -0.25) is 19.4 Å². The van der Waals surface area contributed by atoms with Gasteiger partial charge >= 0.3 is 5.69 Å². The minimum atomic E-state index is -0.387. The van der Waals surface area contributed by atoms with E-state index in [1.54, 1.807) is 19.1 Å². The summed E-state index contributed by atoms with van der Waals surface area (Å²) in [4.78, 5) is 31.7. The van der Waals surface area contributed by atoms with E-state index in [1.165, 1.54) is 10.8 Å². The van der Waals surface area contributed by atoms with Gasteiger partial charge in [0.25, 0.3) is 5.56 Å². The number of H-pyrrole nitrogens is 2. The van der Waals surface area contributed by atoms with Crippen LogP contribution in [0.25, 0.3) is 21.8 Å². The molecule has 0 spiro atoms. The lowest BCUT2D eigenvalue weighted by atomic mass is 10.1. The number of benzene rings is 2. The van der Waals surface area contributed by atoms with Gasteiger partial charge in [0.05, 0.1) is 33.7 Å². The molecule has 1 saturated heterocycles. The predicted octanol–water partition coefficient (Wildman–Crippen LogP) is 2.05. The molecule has 3 heterocycles. The van der Waals surface area contributed by atoms with E-state index in [9.17, 15) is 14.0 Å². The third-order valence-corrected chi connectivity index (χ3v) is 6.02. The zero-order chi connectivity index (χ0) is 21.5. The number of aromatic amines is 2. The van der Waals surface area contributed by atoms with Crippen molar-refractivity contribution in [2.45, 2.75) is 20.0 Å². The summed E-state index contributed by atoms with van der Waals surface area (Å²) in [5.41, 5.74) is 2.23. The Morgan fingerprint density at radius 3 is 2.61 bits per heavy atom. The van der Waals surface area contributed by atoms with Crippen LogP contribution in [0.5, 0.6) is 0 Å². The van der Waals surface area contributed by atoms with Gasteiger partial charge in [0.15, 0.2) is 5.82 Å². The number of piperazine rings is 1. The van der Waals surface area contributed by atoms with Crippen LogP contribution in [0, 0.1) is 5.82 Å². The van der Waals surface area contributed by atoms with E-state index in [0.29, 0.717) is 53.7 Å². The Kier molecular flexibility index (Phi) is 4.82. The molecule has 1 aliphatic heterocycles. The number of fused-ring (bicyclic) bond motifs is 2. The maximum Gasteiger partial charge on any atom is 0.328 e. The van der Waals surface area contributed by atoms with Gasteiger partial charge in [-0.25, -0.2) is 9.18 Å². The van der Waals surface area contributed by atoms with Crippen LogP contribution in [-0.2, 0) is 13.1 Å². The second kappa shape index (κ2) is 7.66. The van der Waals surface area contributed by atoms with Gasteiger partial charge in [-0.2, -0.15) is 5.10 Å². The van der Waals surface area contributed by atoms with Gasteiger partial charge in [0, 0.05) is 39.3 Å². The largest absolute Gasteiger partial charge is 0.367 e. The maximum atomic E-state index is 14.8. The Balaban J connectivity index is 1.31. The molecule has 0 unspecified atom stereocenters. The van der Waals surface area contributed by atoms with E-state index in [2.05, 4.69) is 25.0 Å². The zero-order valence-electron chi connectivity index (χ0n) is 17.2. The number of hydrogen-bond acceptors (Lipinski definition) is 5. The minimum Gasteiger partial charge on any atom is -0.367 e. The molecular weight excluding hydrogens is 399 g/mol. The minimum absolute atomic E-state index is 0.240. The van der Waals surface area contributed by atoms with E-state index in [0.717, 1.165) is 18.7 Å². The number of anilines is 1. The van der Waals surface area contributed by atoms with Crippen molar-refractivity contribution in [2.24, 2.45) is 0 Å². The fourth-order valence-electron chi connectivity index (χ4n) is 4.31. The number of halogens is 1. The summed E-state index contributed by atoms with van der Waals surface area (Å²) in [5.74, 6) is -0.240. The highest BCUT2D eigenvalue weighted by molar-refractivity contribution is 5.83. The first-order valence-electron chi connectivity index (χ1n) is 10.4. The van der Waals surface area contributed by atoms with Crippen LogP contribution < -0.4 is 16.1 Å². The van der Waals surface area contributed by atoms with Crippen LogP contribution in [0.1, 0.15) is 12.5 Å². The Hall–Kier alpha value is -3.46. The number of nitrogens with zero attached hydrogens (tertiary/aromatic N) is 4. The number of hydrogen-bond donors (Lipinski definition) is 2. The Morgan fingerprint density at radius 2 is 1.84 bits per heavy atom. The highest BCUT2D eigenvalue weighted by atomic mass is 19.1. The molecule has 5 rings (SSSR count). The third-order valence-electron chi connectivity index (χ3n) is 6.02. The molecule has 1 fully saturated rings. The summed E-state index contributed by atoms with van der Waals surface area (Å²) in [6, 6.07) is 9.24. The van der Waals surface area contributed by atoms with E-state index in [-0.39, 0.29) is 17.1 Å². The van der Waals surface area contributed by atoms with Gasteiger partial charge in [-0.15, -0.1) is 0 Å². The van der Waals surface area contributed by atoms with Gasteiger partial charge < -0.3 is 9.88 Å². The molecule has 0 atom stereocenters. The van der Waals surface area contributed by atoms with Gasteiger partial charge in [0.2, 0.25) is 0 Å². The first-order valence-corrected chi connectivity index (χ1v) is 10.4. The summed E-state index contributed by atoms with van der Waals surface area (Å²) in [6.45, 7) is 5.81. The molecule has 0 saturated carbocycles. The lowest BCUT2D eigenvalue weighted by Gasteiger charge is -2.36. The fourth-order valence-corrected chi connectivity index (χ4v) is 4.31. The van der Waals surface area contributed by atoms with Gasteiger partial charge in [-0.05, 0) is 36.8 Å². The zero-order valence-corrected chi connectivity index (χ0v) is 17.2. The normalized spacial score (nSPS) is 15.2. The lowest BCUT2D eigenvalue weighted by Crippen LogP contribution is -2.46. The van der Waals surface area contributed by atoms with Crippen molar-refractivity contribution >= 4 is 27.5 Å². The van der Waals surface area contributed by atoms with Crippen LogP contribution in [0.3, 0.4) is 0 Å². The summed E-state index contributed by atoms with van der Waals surface area (Å²) in [6.07, 6.45) is 1.52. The van der Waals surface area contributed by atoms with E-state index in [1.807, 2.05) is 18.2 Å². The molecule has 9 heteroatoms. The lowest BCUT2D eigenvalue weighted by molar-refractivity contribution is 0.249. The van der Waals surface area contributed by atoms with E-state index in [4.69, 9.17) is 0 Å². The molecule has 2 aromatic carbocycles.